The summed E-state index contributed by atoms with van der Waals surface area (Å²) in [5, 5.41) is 13.8. The first-order valence-electron chi connectivity index (χ1n) is 5.64. The Kier molecular flexibility index (Phi) is 4.04. The minimum atomic E-state index is -0.554. The Hall–Kier alpha value is -1.33. The Labute approximate surface area is 114 Å². The molecule has 1 aromatic carbocycles. The lowest BCUT2D eigenvalue weighted by Gasteiger charge is -2.13. The predicted octanol–water partition coefficient (Wildman–Crippen LogP) is 2.81. The Morgan fingerprint density at radius 2 is 2.28 bits per heavy atom. The van der Waals surface area contributed by atoms with E-state index in [2.05, 4.69) is 21.0 Å². The summed E-state index contributed by atoms with van der Waals surface area (Å²) in [7, 11) is 1.86. The lowest BCUT2D eigenvalue weighted by atomic mass is 10.1. The molecule has 0 spiro atoms. The third kappa shape index (κ3) is 3.11. The summed E-state index contributed by atoms with van der Waals surface area (Å²) in [6.07, 6.45) is 3.11. The molecule has 0 aliphatic rings. The fourth-order valence-electron chi connectivity index (χ4n) is 1.69. The highest BCUT2D eigenvalue weighted by atomic mass is 79.9. The van der Waals surface area contributed by atoms with E-state index in [1.54, 1.807) is 17.8 Å². The molecule has 0 radical (unpaired) electrons. The van der Waals surface area contributed by atoms with E-state index in [1.807, 2.05) is 31.4 Å². The number of aromatic nitrogens is 2. The van der Waals surface area contributed by atoms with Crippen molar-refractivity contribution < 1.29 is 9.84 Å². The van der Waals surface area contributed by atoms with Gasteiger partial charge in [0.25, 0.3) is 0 Å². The van der Waals surface area contributed by atoms with Gasteiger partial charge < -0.3 is 9.84 Å². The first-order chi connectivity index (χ1) is 8.56. The molecule has 5 heteroatoms. The van der Waals surface area contributed by atoms with Gasteiger partial charge in [0.15, 0.2) is 0 Å². The van der Waals surface area contributed by atoms with Gasteiger partial charge in [-0.3, -0.25) is 4.68 Å². The summed E-state index contributed by atoms with van der Waals surface area (Å²) in [5.41, 5.74) is 1.77. The quantitative estimate of drug-likeness (QED) is 0.944. The normalized spacial score (nSPS) is 12.4. The van der Waals surface area contributed by atoms with Crippen molar-refractivity contribution in [1.82, 2.24) is 9.78 Å². The zero-order valence-electron chi connectivity index (χ0n) is 10.3. The number of halogens is 1. The summed E-state index contributed by atoms with van der Waals surface area (Å²) in [6.45, 7) is 2.16. The number of rotatable bonds is 4. The topological polar surface area (TPSA) is 47.3 Å². The minimum Gasteiger partial charge on any atom is -0.488 e. The number of hydrogen-bond acceptors (Lipinski definition) is 3. The van der Waals surface area contributed by atoms with Crippen LogP contribution in [0.3, 0.4) is 0 Å². The predicted molar refractivity (Wildman–Crippen MR) is 72.3 cm³/mol. The van der Waals surface area contributed by atoms with Crippen LogP contribution in [-0.2, 0) is 13.7 Å². The van der Waals surface area contributed by atoms with Gasteiger partial charge in [-0.25, -0.2) is 0 Å². The Bertz CT molecular complexity index is 538. The zero-order chi connectivity index (χ0) is 13.1. The van der Waals surface area contributed by atoms with Crippen LogP contribution in [0, 0.1) is 0 Å². The monoisotopic (exact) mass is 310 g/mol. The van der Waals surface area contributed by atoms with E-state index in [4.69, 9.17) is 4.74 Å². The Morgan fingerprint density at radius 1 is 1.50 bits per heavy atom. The summed E-state index contributed by atoms with van der Waals surface area (Å²) >= 11 is 3.40. The fraction of sp³-hybridized carbons (Fsp3) is 0.308. The van der Waals surface area contributed by atoms with Gasteiger partial charge in [-0.1, -0.05) is 22.0 Å². The van der Waals surface area contributed by atoms with Gasteiger partial charge in [0.1, 0.15) is 12.4 Å². The van der Waals surface area contributed by atoms with Crippen molar-refractivity contribution in [2.24, 2.45) is 7.05 Å². The molecule has 0 saturated heterocycles. The number of aliphatic hydroxyl groups excluding tert-OH is 1. The van der Waals surface area contributed by atoms with Gasteiger partial charge in [-0.15, -0.1) is 0 Å². The zero-order valence-corrected chi connectivity index (χ0v) is 11.9. The summed E-state index contributed by atoms with van der Waals surface area (Å²) in [6, 6.07) is 5.60. The highest BCUT2D eigenvalue weighted by Crippen LogP contribution is 2.29. The third-order valence-electron chi connectivity index (χ3n) is 2.58. The van der Waals surface area contributed by atoms with Crippen LogP contribution in [0.2, 0.25) is 0 Å². The molecule has 0 bridgehead atoms. The van der Waals surface area contributed by atoms with Crippen LogP contribution in [0.25, 0.3) is 0 Å². The van der Waals surface area contributed by atoms with Crippen LogP contribution in [0.15, 0.2) is 35.1 Å². The van der Waals surface area contributed by atoms with Crippen molar-refractivity contribution in [2.45, 2.75) is 19.6 Å². The second kappa shape index (κ2) is 5.54. The Balaban J connectivity index is 2.15. The van der Waals surface area contributed by atoms with E-state index in [1.165, 1.54) is 0 Å². The number of hydrogen-bond donors (Lipinski definition) is 1. The fourth-order valence-corrected chi connectivity index (χ4v) is 2.03. The molecule has 1 heterocycles. The lowest BCUT2D eigenvalue weighted by Crippen LogP contribution is -2.00. The molecule has 0 aliphatic heterocycles. The standard InChI is InChI=1S/C13H15BrN2O2/c1-9(17)12-4-3-11(14)5-13(12)18-8-10-6-15-16(2)7-10/h3-7,9,17H,8H2,1-2H3/t9-/m0/s1. The highest BCUT2D eigenvalue weighted by molar-refractivity contribution is 9.10. The van der Waals surface area contributed by atoms with Crippen LogP contribution < -0.4 is 4.74 Å². The molecular weight excluding hydrogens is 296 g/mol. The van der Waals surface area contributed by atoms with Crippen molar-refractivity contribution in [1.29, 1.82) is 0 Å². The van der Waals surface area contributed by atoms with E-state index in [0.29, 0.717) is 12.4 Å². The van der Waals surface area contributed by atoms with Gasteiger partial charge in [0, 0.05) is 28.8 Å². The molecule has 0 aliphatic carbocycles. The van der Waals surface area contributed by atoms with E-state index in [0.717, 1.165) is 15.6 Å². The van der Waals surface area contributed by atoms with Crippen LogP contribution in [0.4, 0.5) is 0 Å². The molecule has 96 valence electrons. The first-order valence-corrected chi connectivity index (χ1v) is 6.43. The van der Waals surface area contributed by atoms with Gasteiger partial charge >= 0.3 is 0 Å². The number of nitrogens with zero attached hydrogens (tertiary/aromatic N) is 2. The average Bonchev–Trinajstić information content (AvgIpc) is 2.72. The molecule has 1 N–H and O–H groups in total. The van der Waals surface area contributed by atoms with Crippen molar-refractivity contribution in [3.05, 3.63) is 46.2 Å². The highest BCUT2D eigenvalue weighted by Gasteiger charge is 2.10. The van der Waals surface area contributed by atoms with Crippen molar-refractivity contribution in [2.75, 3.05) is 0 Å². The molecule has 4 nitrogen and oxygen atoms in total. The van der Waals surface area contributed by atoms with Crippen LogP contribution >= 0.6 is 15.9 Å². The minimum absolute atomic E-state index is 0.435. The summed E-state index contributed by atoms with van der Waals surface area (Å²) in [5.74, 6) is 0.684. The van der Waals surface area contributed by atoms with Crippen LogP contribution in [-0.4, -0.2) is 14.9 Å². The second-order valence-corrected chi connectivity index (χ2v) is 5.08. The van der Waals surface area contributed by atoms with Crippen molar-refractivity contribution in [3.8, 4) is 5.75 Å². The van der Waals surface area contributed by atoms with Gasteiger partial charge in [-0.05, 0) is 19.1 Å². The lowest BCUT2D eigenvalue weighted by molar-refractivity contribution is 0.190. The molecule has 0 fully saturated rings. The maximum Gasteiger partial charge on any atom is 0.126 e. The molecule has 0 saturated carbocycles. The Morgan fingerprint density at radius 3 is 2.89 bits per heavy atom. The SMILES string of the molecule is C[C@H](O)c1ccc(Br)cc1OCc1cnn(C)c1. The van der Waals surface area contributed by atoms with Gasteiger partial charge in [0.2, 0.25) is 0 Å². The van der Waals surface area contributed by atoms with Crippen molar-refractivity contribution in [3.63, 3.8) is 0 Å². The summed E-state index contributed by atoms with van der Waals surface area (Å²) in [4.78, 5) is 0. The van der Waals surface area contributed by atoms with E-state index < -0.39 is 6.10 Å². The molecule has 1 atom stereocenters. The van der Waals surface area contributed by atoms with Gasteiger partial charge in [-0.2, -0.15) is 5.10 Å². The molecular formula is C13H15BrN2O2. The van der Waals surface area contributed by atoms with Crippen molar-refractivity contribution >= 4 is 15.9 Å². The number of ether oxygens (including phenoxy) is 1. The van der Waals surface area contributed by atoms with Crippen LogP contribution in [0.1, 0.15) is 24.2 Å². The van der Waals surface area contributed by atoms with E-state index >= 15 is 0 Å². The van der Waals surface area contributed by atoms with Crippen LogP contribution in [0.5, 0.6) is 5.75 Å². The van der Waals surface area contributed by atoms with E-state index in [9.17, 15) is 5.11 Å². The second-order valence-electron chi connectivity index (χ2n) is 4.17. The number of aryl methyl sites for hydroxylation is 1. The van der Waals surface area contributed by atoms with Gasteiger partial charge in [0.05, 0.1) is 12.3 Å². The molecule has 0 unspecified atom stereocenters. The average molecular weight is 311 g/mol. The summed E-state index contributed by atoms with van der Waals surface area (Å²) < 4.78 is 8.39. The molecule has 1 aromatic heterocycles. The maximum atomic E-state index is 9.68. The molecule has 2 aromatic rings. The largest absolute Gasteiger partial charge is 0.488 e. The smallest absolute Gasteiger partial charge is 0.126 e. The third-order valence-corrected chi connectivity index (χ3v) is 3.07. The van der Waals surface area contributed by atoms with E-state index in [-0.39, 0.29) is 0 Å². The number of aliphatic hydroxyl groups is 1. The first kappa shape index (κ1) is 13.1. The molecule has 0 amide bonds. The maximum absolute atomic E-state index is 9.68. The molecule has 2 rings (SSSR count). The molecule has 18 heavy (non-hydrogen) atoms. The number of benzene rings is 1.